The fraction of sp³-hybridized carbons (Fsp3) is 0.500. The summed E-state index contributed by atoms with van der Waals surface area (Å²) in [6.07, 6.45) is -4.25. The number of amides is 2. The molecular formula is C30H32F3N4O8-. The highest BCUT2D eigenvalue weighted by atomic mass is 19.4. The first-order valence-electron chi connectivity index (χ1n) is 14.4. The molecule has 0 spiro atoms. The summed E-state index contributed by atoms with van der Waals surface area (Å²) in [6, 6.07) is 0.305. The van der Waals surface area contributed by atoms with Crippen LogP contribution in [0.25, 0.3) is 5.32 Å². The standard InChI is InChI=1S/C30H32F3N4O8/c1-12-5-15-6-16-10-37-18(23(36-16)21(15)24(40)25(12)42-4)7-17-22(19(37)8-34-20(39)9-35-29(41)30(31,32)33)28-27(43-11-44-28)13(2)26(17)45-14(3)38/h5,16,18-19,23,40H,6-11H2,1-4H3,(H,34,39)(H,35,41)/q-1/t16-,18?,19-,23-/m0/s1. The lowest BCUT2D eigenvalue weighted by molar-refractivity contribution is -0.173. The topological polar surface area (TPSA) is 150 Å². The van der Waals surface area contributed by atoms with Crippen molar-refractivity contribution in [2.24, 2.45) is 0 Å². The Balaban J connectivity index is 1.43. The van der Waals surface area contributed by atoms with Crippen molar-refractivity contribution in [3.8, 4) is 28.7 Å². The van der Waals surface area contributed by atoms with Gasteiger partial charge in [0.25, 0.3) is 0 Å². The second kappa shape index (κ2) is 11.3. The SMILES string of the molecule is COc1c(C)cc2c(c1O)[C@H]1[N-][C@@H](C2)CN2C1Cc1c(OC(C)=O)c(C)c3c(c1[C@@H]2CNC(=O)CNC(=O)C(F)(F)F)OCO3. The molecule has 0 radical (unpaired) electrons. The number of phenolic OH excluding ortho intramolecular Hbond substituents is 1. The van der Waals surface area contributed by atoms with Crippen LogP contribution in [0.15, 0.2) is 6.07 Å². The predicted molar refractivity (Wildman–Crippen MR) is 151 cm³/mol. The number of hydrogen-bond donors (Lipinski definition) is 3. The molecule has 2 bridgehead atoms. The second-order valence-electron chi connectivity index (χ2n) is 11.6. The minimum atomic E-state index is -5.13. The highest BCUT2D eigenvalue weighted by Gasteiger charge is 2.47. The fourth-order valence-corrected chi connectivity index (χ4v) is 7.09. The summed E-state index contributed by atoms with van der Waals surface area (Å²) in [5, 5.41) is 20.7. The van der Waals surface area contributed by atoms with E-state index < -0.39 is 42.6 Å². The van der Waals surface area contributed by atoms with Crippen LogP contribution in [0.2, 0.25) is 0 Å². The number of benzene rings is 2. The molecule has 12 nitrogen and oxygen atoms in total. The molecule has 4 heterocycles. The van der Waals surface area contributed by atoms with Crippen LogP contribution in [0.4, 0.5) is 13.2 Å². The number of phenols is 1. The zero-order chi connectivity index (χ0) is 32.4. The number of aryl methyl sites for hydroxylation is 1. The maximum absolute atomic E-state index is 12.7. The van der Waals surface area contributed by atoms with Gasteiger partial charge >= 0.3 is 18.1 Å². The van der Waals surface area contributed by atoms with Gasteiger partial charge in [0.15, 0.2) is 23.0 Å². The quantitative estimate of drug-likeness (QED) is 0.323. The first-order valence-corrected chi connectivity index (χ1v) is 14.4. The third-order valence-electron chi connectivity index (χ3n) is 8.79. The number of ether oxygens (including phenoxy) is 4. The van der Waals surface area contributed by atoms with E-state index in [-0.39, 0.29) is 31.2 Å². The number of alkyl halides is 3. The molecule has 3 N–H and O–H groups in total. The van der Waals surface area contributed by atoms with Crippen LogP contribution in [0.3, 0.4) is 0 Å². The van der Waals surface area contributed by atoms with Gasteiger partial charge < -0.3 is 40.0 Å². The third-order valence-corrected chi connectivity index (χ3v) is 8.79. The van der Waals surface area contributed by atoms with Crippen LogP contribution in [0.5, 0.6) is 28.7 Å². The summed E-state index contributed by atoms with van der Waals surface area (Å²) in [4.78, 5) is 38.4. The van der Waals surface area contributed by atoms with Gasteiger partial charge in [0.05, 0.1) is 19.7 Å². The molecule has 0 saturated carbocycles. The number of aromatic hydroxyl groups is 1. The highest BCUT2D eigenvalue weighted by molar-refractivity contribution is 5.87. The number of carbonyl (C=O) groups excluding carboxylic acids is 3. The molecule has 4 aliphatic heterocycles. The molecule has 2 aromatic carbocycles. The van der Waals surface area contributed by atoms with E-state index in [4.69, 9.17) is 24.3 Å². The molecule has 6 rings (SSSR count). The zero-order valence-corrected chi connectivity index (χ0v) is 25.0. The number of methoxy groups -OCH3 is 1. The summed E-state index contributed by atoms with van der Waals surface area (Å²) in [6.45, 7) is 4.29. The molecule has 2 amide bonds. The number of carbonyl (C=O) groups is 3. The molecule has 4 aliphatic rings. The highest BCUT2D eigenvalue weighted by Crippen LogP contribution is 2.58. The normalized spacial score (nSPS) is 22.9. The molecule has 1 saturated heterocycles. The van der Waals surface area contributed by atoms with Gasteiger partial charge in [-0.25, -0.2) is 0 Å². The van der Waals surface area contributed by atoms with Gasteiger partial charge in [0, 0.05) is 36.2 Å². The largest absolute Gasteiger partial charge is 0.650 e. The van der Waals surface area contributed by atoms with E-state index in [2.05, 4.69) is 10.2 Å². The lowest BCUT2D eigenvalue weighted by atomic mass is 9.75. The second-order valence-corrected chi connectivity index (χ2v) is 11.6. The molecular weight excluding hydrogens is 601 g/mol. The number of esters is 1. The Labute approximate surface area is 256 Å². The lowest BCUT2D eigenvalue weighted by Crippen LogP contribution is -2.57. The lowest BCUT2D eigenvalue weighted by Gasteiger charge is -2.62. The number of piperazine rings is 1. The van der Waals surface area contributed by atoms with Crippen LogP contribution in [0, 0.1) is 13.8 Å². The molecule has 15 heteroatoms. The van der Waals surface area contributed by atoms with Crippen molar-refractivity contribution in [3.63, 3.8) is 0 Å². The Morgan fingerprint density at radius 2 is 1.84 bits per heavy atom. The van der Waals surface area contributed by atoms with Crippen molar-refractivity contribution in [2.45, 2.75) is 64.0 Å². The van der Waals surface area contributed by atoms with Crippen LogP contribution in [0.1, 0.15) is 52.4 Å². The van der Waals surface area contributed by atoms with Crippen LogP contribution in [-0.4, -0.2) is 79.6 Å². The molecule has 4 atom stereocenters. The summed E-state index contributed by atoms with van der Waals surface area (Å²) < 4.78 is 61.0. The van der Waals surface area contributed by atoms with Gasteiger partial charge in [-0.05, 0) is 49.9 Å². The maximum Gasteiger partial charge on any atom is 0.471 e. The molecule has 0 aliphatic carbocycles. The van der Waals surface area contributed by atoms with Crippen molar-refractivity contribution < 1.29 is 51.6 Å². The van der Waals surface area contributed by atoms with Crippen molar-refractivity contribution in [2.75, 3.05) is 33.5 Å². The number of hydrogen-bond acceptors (Lipinski definition) is 9. The van der Waals surface area contributed by atoms with Gasteiger partial charge in [-0.1, -0.05) is 12.1 Å². The predicted octanol–water partition coefficient (Wildman–Crippen LogP) is 2.79. The summed E-state index contributed by atoms with van der Waals surface area (Å²) >= 11 is 0. The Kier molecular flexibility index (Phi) is 7.72. The maximum atomic E-state index is 12.7. The molecule has 45 heavy (non-hydrogen) atoms. The Bertz CT molecular complexity index is 1600. The smallest absolute Gasteiger partial charge is 0.471 e. The average molecular weight is 634 g/mol. The fourth-order valence-electron chi connectivity index (χ4n) is 7.09. The number of halogens is 3. The Morgan fingerprint density at radius 3 is 2.53 bits per heavy atom. The van der Waals surface area contributed by atoms with Crippen molar-refractivity contribution in [1.29, 1.82) is 0 Å². The summed E-state index contributed by atoms with van der Waals surface area (Å²) in [5.41, 5.74) is 4.18. The van der Waals surface area contributed by atoms with Crippen molar-refractivity contribution in [1.82, 2.24) is 15.5 Å². The van der Waals surface area contributed by atoms with Crippen LogP contribution >= 0.6 is 0 Å². The minimum Gasteiger partial charge on any atom is -0.650 e. The Hall–Kier alpha value is -4.24. The van der Waals surface area contributed by atoms with Gasteiger partial charge in [0.2, 0.25) is 12.7 Å². The monoisotopic (exact) mass is 633 g/mol. The van der Waals surface area contributed by atoms with Crippen LogP contribution < -0.4 is 29.6 Å². The van der Waals surface area contributed by atoms with Crippen molar-refractivity contribution in [3.05, 3.63) is 44.8 Å². The van der Waals surface area contributed by atoms with Gasteiger partial charge in [-0.15, -0.1) is 6.04 Å². The number of nitrogens with one attached hydrogen (secondary N) is 2. The first kappa shape index (κ1) is 30.8. The third kappa shape index (κ3) is 5.27. The van der Waals surface area contributed by atoms with E-state index >= 15 is 0 Å². The molecule has 0 aromatic heterocycles. The van der Waals surface area contributed by atoms with Crippen molar-refractivity contribution >= 4 is 17.8 Å². The van der Waals surface area contributed by atoms with Crippen LogP contribution in [-0.2, 0) is 27.2 Å². The van der Waals surface area contributed by atoms with E-state index in [1.807, 2.05) is 13.0 Å². The number of rotatable bonds is 6. The summed E-state index contributed by atoms with van der Waals surface area (Å²) in [7, 11) is 1.48. The zero-order valence-electron chi connectivity index (χ0n) is 25.0. The molecule has 242 valence electrons. The Morgan fingerprint density at radius 1 is 1.11 bits per heavy atom. The minimum absolute atomic E-state index is 0.000294. The first-order chi connectivity index (χ1) is 21.3. The molecule has 1 unspecified atom stereocenters. The van der Waals surface area contributed by atoms with Gasteiger partial charge in [-0.2, -0.15) is 13.2 Å². The number of nitrogens with zero attached hydrogens (tertiary/aromatic N) is 2. The van der Waals surface area contributed by atoms with E-state index in [0.29, 0.717) is 64.6 Å². The van der Waals surface area contributed by atoms with Gasteiger partial charge in [-0.3, -0.25) is 19.3 Å². The molecule has 2 aromatic rings. The molecule has 1 fully saturated rings. The van der Waals surface area contributed by atoms with E-state index in [9.17, 15) is 32.7 Å². The van der Waals surface area contributed by atoms with E-state index in [0.717, 1.165) is 11.1 Å². The van der Waals surface area contributed by atoms with E-state index in [1.165, 1.54) is 14.0 Å². The summed E-state index contributed by atoms with van der Waals surface area (Å²) in [5.74, 6) is -2.15. The average Bonchev–Trinajstić information content (AvgIpc) is 3.46. The number of fused-ring (bicyclic) bond motifs is 9. The van der Waals surface area contributed by atoms with E-state index in [1.54, 1.807) is 12.2 Å². The van der Waals surface area contributed by atoms with Gasteiger partial charge in [0.1, 0.15) is 5.75 Å².